The van der Waals surface area contributed by atoms with Crippen molar-refractivity contribution in [2.75, 3.05) is 19.0 Å². The zero-order valence-corrected chi connectivity index (χ0v) is 11.1. The molecule has 0 amide bonds. The van der Waals surface area contributed by atoms with Gasteiger partial charge >= 0.3 is 0 Å². The van der Waals surface area contributed by atoms with Crippen LogP contribution in [-0.2, 0) is 4.74 Å². The lowest BCUT2D eigenvalue weighted by Crippen LogP contribution is -2.25. The van der Waals surface area contributed by atoms with E-state index in [-0.39, 0.29) is 5.60 Å². The third-order valence-corrected chi connectivity index (χ3v) is 3.12. The van der Waals surface area contributed by atoms with Gasteiger partial charge in [0.2, 0.25) is 0 Å². The topological polar surface area (TPSA) is 21.3 Å². The Hall–Kier alpha value is -1.02. The highest BCUT2D eigenvalue weighted by Crippen LogP contribution is 2.16. The molecule has 1 rings (SSSR count). The van der Waals surface area contributed by atoms with Crippen molar-refractivity contribution in [3.8, 4) is 0 Å². The van der Waals surface area contributed by atoms with E-state index in [1.807, 2.05) is 0 Å². The van der Waals surface area contributed by atoms with Gasteiger partial charge in [0.05, 0.1) is 5.60 Å². The number of benzene rings is 1. The minimum Gasteiger partial charge on any atom is -0.385 e. The molecule has 0 fully saturated rings. The van der Waals surface area contributed by atoms with E-state index in [4.69, 9.17) is 4.74 Å². The standard InChI is InChI=1S/C14H23NO/c1-11-6-7-13(10-12(11)2)15-9-8-14(3,4)16-5/h6-7,10,15H,8-9H2,1-5H3. The maximum atomic E-state index is 5.38. The normalized spacial score (nSPS) is 11.6. The second-order valence-electron chi connectivity index (χ2n) is 4.94. The van der Waals surface area contributed by atoms with Gasteiger partial charge in [-0.15, -0.1) is 0 Å². The van der Waals surface area contributed by atoms with Gasteiger partial charge in [-0.05, 0) is 57.4 Å². The second-order valence-corrected chi connectivity index (χ2v) is 4.94. The summed E-state index contributed by atoms with van der Waals surface area (Å²) in [5, 5.41) is 3.42. The van der Waals surface area contributed by atoms with Crippen LogP contribution in [0.1, 0.15) is 31.4 Å². The molecule has 0 saturated heterocycles. The van der Waals surface area contributed by atoms with Crippen molar-refractivity contribution in [3.05, 3.63) is 29.3 Å². The number of ether oxygens (including phenoxy) is 1. The summed E-state index contributed by atoms with van der Waals surface area (Å²) in [5.74, 6) is 0. The fraction of sp³-hybridized carbons (Fsp3) is 0.571. The molecule has 2 nitrogen and oxygen atoms in total. The highest BCUT2D eigenvalue weighted by molar-refractivity contribution is 5.47. The van der Waals surface area contributed by atoms with Crippen molar-refractivity contribution in [2.45, 2.75) is 39.7 Å². The molecule has 0 aliphatic heterocycles. The van der Waals surface area contributed by atoms with Crippen LogP contribution in [0.2, 0.25) is 0 Å². The van der Waals surface area contributed by atoms with Gasteiger partial charge < -0.3 is 10.1 Å². The average molecular weight is 221 g/mol. The molecule has 0 heterocycles. The van der Waals surface area contributed by atoms with Gasteiger partial charge in [0.15, 0.2) is 0 Å². The van der Waals surface area contributed by atoms with Gasteiger partial charge in [0, 0.05) is 19.3 Å². The monoisotopic (exact) mass is 221 g/mol. The molecule has 1 N–H and O–H groups in total. The van der Waals surface area contributed by atoms with Gasteiger partial charge in [-0.25, -0.2) is 0 Å². The van der Waals surface area contributed by atoms with Crippen molar-refractivity contribution in [1.82, 2.24) is 0 Å². The van der Waals surface area contributed by atoms with E-state index < -0.39 is 0 Å². The Bertz CT molecular complexity index is 345. The molecule has 0 atom stereocenters. The molecule has 0 saturated carbocycles. The predicted octanol–water partition coefficient (Wildman–Crippen LogP) is 3.53. The first-order chi connectivity index (χ1) is 7.44. The summed E-state index contributed by atoms with van der Waals surface area (Å²) in [6.45, 7) is 9.42. The van der Waals surface area contributed by atoms with Crippen LogP contribution in [0.25, 0.3) is 0 Å². The molecule has 0 aromatic heterocycles. The lowest BCUT2D eigenvalue weighted by atomic mass is 10.1. The fourth-order valence-electron chi connectivity index (χ4n) is 1.46. The largest absolute Gasteiger partial charge is 0.385 e. The number of anilines is 1. The maximum Gasteiger partial charge on any atom is 0.0639 e. The Kier molecular flexibility index (Phi) is 4.36. The van der Waals surface area contributed by atoms with E-state index >= 15 is 0 Å². The first kappa shape index (κ1) is 13.0. The van der Waals surface area contributed by atoms with Crippen molar-refractivity contribution in [2.24, 2.45) is 0 Å². The Morgan fingerprint density at radius 2 is 1.88 bits per heavy atom. The molecular weight excluding hydrogens is 198 g/mol. The van der Waals surface area contributed by atoms with Crippen LogP contribution in [0.4, 0.5) is 5.69 Å². The first-order valence-corrected chi connectivity index (χ1v) is 5.81. The maximum absolute atomic E-state index is 5.38. The SMILES string of the molecule is COC(C)(C)CCNc1ccc(C)c(C)c1. The summed E-state index contributed by atoms with van der Waals surface area (Å²) in [5.41, 5.74) is 3.81. The predicted molar refractivity (Wildman–Crippen MR) is 70.1 cm³/mol. The zero-order valence-electron chi connectivity index (χ0n) is 11.1. The number of nitrogens with one attached hydrogen (secondary N) is 1. The molecule has 2 heteroatoms. The summed E-state index contributed by atoms with van der Waals surface area (Å²) < 4.78 is 5.38. The Morgan fingerprint density at radius 1 is 1.19 bits per heavy atom. The molecule has 1 aromatic carbocycles. The quantitative estimate of drug-likeness (QED) is 0.821. The number of rotatable bonds is 5. The van der Waals surface area contributed by atoms with Gasteiger partial charge in [-0.3, -0.25) is 0 Å². The van der Waals surface area contributed by atoms with Crippen molar-refractivity contribution >= 4 is 5.69 Å². The van der Waals surface area contributed by atoms with E-state index in [0.29, 0.717) is 0 Å². The van der Waals surface area contributed by atoms with Crippen LogP contribution in [-0.4, -0.2) is 19.3 Å². The molecule has 16 heavy (non-hydrogen) atoms. The van der Waals surface area contributed by atoms with E-state index in [1.54, 1.807) is 7.11 Å². The van der Waals surface area contributed by atoms with Crippen LogP contribution in [0.15, 0.2) is 18.2 Å². The fourth-order valence-corrected chi connectivity index (χ4v) is 1.46. The van der Waals surface area contributed by atoms with Crippen LogP contribution in [0.5, 0.6) is 0 Å². The molecule has 0 aliphatic rings. The minimum atomic E-state index is -0.0489. The number of aryl methyl sites for hydroxylation is 2. The van der Waals surface area contributed by atoms with Crippen LogP contribution < -0.4 is 5.32 Å². The lowest BCUT2D eigenvalue weighted by Gasteiger charge is -2.23. The lowest BCUT2D eigenvalue weighted by molar-refractivity contribution is 0.0185. The summed E-state index contributed by atoms with van der Waals surface area (Å²) >= 11 is 0. The van der Waals surface area contributed by atoms with Crippen molar-refractivity contribution in [1.29, 1.82) is 0 Å². The molecule has 0 aliphatic carbocycles. The molecule has 0 unspecified atom stereocenters. The number of hydrogen-bond donors (Lipinski definition) is 1. The number of hydrogen-bond acceptors (Lipinski definition) is 2. The van der Waals surface area contributed by atoms with Gasteiger partial charge in [-0.2, -0.15) is 0 Å². The zero-order chi connectivity index (χ0) is 12.2. The Morgan fingerprint density at radius 3 is 2.44 bits per heavy atom. The molecule has 0 radical (unpaired) electrons. The molecule has 90 valence electrons. The highest BCUT2D eigenvalue weighted by Gasteiger charge is 2.15. The van der Waals surface area contributed by atoms with Crippen LogP contribution in [0, 0.1) is 13.8 Å². The van der Waals surface area contributed by atoms with E-state index in [9.17, 15) is 0 Å². The third-order valence-electron chi connectivity index (χ3n) is 3.12. The van der Waals surface area contributed by atoms with Crippen molar-refractivity contribution < 1.29 is 4.74 Å². The van der Waals surface area contributed by atoms with Crippen molar-refractivity contribution in [3.63, 3.8) is 0 Å². The van der Waals surface area contributed by atoms with Crippen LogP contribution in [0.3, 0.4) is 0 Å². The van der Waals surface area contributed by atoms with E-state index in [2.05, 4.69) is 51.2 Å². The van der Waals surface area contributed by atoms with Gasteiger partial charge in [0.25, 0.3) is 0 Å². The smallest absolute Gasteiger partial charge is 0.0639 e. The number of methoxy groups -OCH3 is 1. The summed E-state index contributed by atoms with van der Waals surface area (Å²) in [6.07, 6.45) is 0.996. The van der Waals surface area contributed by atoms with Crippen LogP contribution >= 0.6 is 0 Å². The molecular formula is C14H23NO. The Balaban J connectivity index is 2.46. The molecule has 1 aromatic rings. The summed E-state index contributed by atoms with van der Waals surface area (Å²) in [6, 6.07) is 6.47. The van der Waals surface area contributed by atoms with Gasteiger partial charge in [0.1, 0.15) is 0 Å². The Labute approximate surface area is 99.0 Å². The third kappa shape index (κ3) is 3.86. The van der Waals surface area contributed by atoms with E-state index in [1.165, 1.54) is 16.8 Å². The minimum absolute atomic E-state index is 0.0489. The van der Waals surface area contributed by atoms with E-state index in [0.717, 1.165) is 13.0 Å². The summed E-state index contributed by atoms with van der Waals surface area (Å²) in [7, 11) is 1.76. The highest BCUT2D eigenvalue weighted by atomic mass is 16.5. The van der Waals surface area contributed by atoms with Gasteiger partial charge in [-0.1, -0.05) is 6.07 Å². The average Bonchev–Trinajstić information content (AvgIpc) is 2.23. The molecule has 0 bridgehead atoms. The second kappa shape index (κ2) is 5.35. The summed E-state index contributed by atoms with van der Waals surface area (Å²) in [4.78, 5) is 0. The first-order valence-electron chi connectivity index (χ1n) is 5.81. The molecule has 0 spiro atoms.